The van der Waals surface area contributed by atoms with Crippen molar-refractivity contribution in [2.75, 3.05) is 51.1 Å². The van der Waals surface area contributed by atoms with Gasteiger partial charge in [0.05, 0.1) is 17.1 Å². The zero-order chi connectivity index (χ0) is 19.0. The van der Waals surface area contributed by atoms with Crippen LogP contribution in [0.4, 0.5) is 10.5 Å². The van der Waals surface area contributed by atoms with Crippen LogP contribution in [-0.2, 0) is 6.54 Å². The van der Waals surface area contributed by atoms with Crippen LogP contribution in [0.5, 0.6) is 0 Å². The van der Waals surface area contributed by atoms with Crippen LogP contribution in [0.1, 0.15) is 37.6 Å². The molecule has 0 radical (unpaired) electrons. The smallest absolute Gasteiger partial charge is 0.322 e. The quantitative estimate of drug-likeness (QED) is 0.877. The Balaban J connectivity index is 1.33. The number of hydrogen-bond acceptors (Lipinski definition) is 4. The lowest BCUT2D eigenvalue weighted by atomic mass is 9.83. The zero-order valence-corrected chi connectivity index (χ0v) is 17.1. The number of carbonyl (C=O) groups is 1. The van der Waals surface area contributed by atoms with E-state index in [0.717, 1.165) is 62.1 Å². The summed E-state index contributed by atoms with van der Waals surface area (Å²) in [5, 5.41) is 7.69. The second-order valence-corrected chi connectivity index (χ2v) is 8.43. The van der Waals surface area contributed by atoms with Crippen molar-refractivity contribution >= 4 is 11.7 Å². The van der Waals surface area contributed by atoms with E-state index in [-0.39, 0.29) is 6.03 Å². The molecule has 4 aliphatic heterocycles. The van der Waals surface area contributed by atoms with Gasteiger partial charge in [0.25, 0.3) is 0 Å². The first-order valence-electron chi connectivity index (χ1n) is 10.6. The molecule has 1 atom stereocenters. The number of aromatic nitrogens is 2. The Hall–Kier alpha value is -1.60. The lowest BCUT2D eigenvalue weighted by Crippen LogP contribution is -2.61. The molecule has 0 spiro atoms. The summed E-state index contributed by atoms with van der Waals surface area (Å²) in [6.07, 6.45) is 3.74. The summed E-state index contributed by atoms with van der Waals surface area (Å²) in [4.78, 5) is 20.0. The van der Waals surface area contributed by atoms with E-state index in [1.54, 1.807) is 0 Å². The summed E-state index contributed by atoms with van der Waals surface area (Å²) < 4.78 is 2.00. The fourth-order valence-corrected chi connectivity index (χ4v) is 5.10. The number of hydrogen-bond donors (Lipinski definition) is 1. The van der Waals surface area contributed by atoms with Crippen LogP contribution in [0.25, 0.3) is 0 Å². The summed E-state index contributed by atoms with van der Waals surface area (Å²) in [7, 11) is 0. The Labute approximate surface area is 162 Å². The third kappa shape index (κ3) is 3.72. The van der Waals surface area contributed by atoms with Crippen molar-refractivity contribution in [1.82, 2.24) is 24.5 Å². The van der Waals surface area contributed by atoms with Crippen molar-refractivity contribution in [2.45, 2.75) is 52.6 Å². The molecular formula is C20H34N6O. The second kappa shape index (κ2) is 7.80. The number of nitrogens with zero attached hydrogens (tertiary/aromatic N) is 5. The van der Waals surface area contributed by atoms with Crippen LogP contribution in [-0.4, -0.2) is 82.4 Å². The monoisotopic (exact) mass is 374 g/mol. The van der Waals surface area contributed by atoms with Crippen molar-refractivity contribution in [3.8, 4) is 0 Å². The molecule has 5 rings (SSSR count). The van der Waals surface area contributed by atoms with E-state index in [0.29, 0.717) is 6.04 Å². The summed E-state index contributed by atoms with van der Waals surface area (Å²) >= 11 is 0. The average molecular weight is 375 g/mol. The fraction of sp³-hybridized carbons (Fsp3) is 0.800. The first kappa shape index (κ1) is 18.7. The van der Waals surface area contributed by atoms with Gasteiger partial charge in [-0.3, -0.25) is 9.58 Å². The number of nitrogens with one attached hydrogen (secondary N) is 1. The van der Waals surface area contributed by atoms with Gasteiger partial charge < -0.3 is 15.1 Å². The number of carbonyl (C=O) groups excluding carboxylic acids is 1. The highest BCUT2D eigenvalue weighted by Gasteiger charge is 2.38. The second-order valence-electron chi connectivity index (χ2n) is 8.43. The maximum absolute atomic E-state index is 12.8. The summed E-state index contributed by atoms with van der Waals surface area (Å²) in [6, 6.07) is 0.722. The molecule has 27 heavy (non-hydrogen) atoms. The molecule has 5 heterocycles. The van der Waals surface area contributed by atoms with E-state index in [1.807, 2.05) is 23.4 Å². The van der Waals surface area contributed by atoms with Crippen molar-refractivity contribution in [2.24, 2.45) is 5.92 Å². The van der Waals surface area contributed by atoms with Crippen molar-refractivity contribution in [3.05, 3.63) is 11.4 Å². The SMILES string of the molecule is CCCn1nc(C)c(NC(=O)N2CCN(C3CN4CCC3CC4)CC2)c1C. The third-order valence-electron chi connectivity index (χ3n) is 6.74. The minimum atomic E-state index is 0.0193. The average Bonchev–Trinajstić information content (AvgIpc) is 2.96. The lowest BCUT2D eigenvalue weighted by Gasteiger charge is -2.50. The van der Waals surface area contributed by atoms with Gasteiger partial charge in [0.2, 0.25) is 0 Å². The van der Waals surface area contributed by atoms with Gasteiger partial charge >= 0.3 is 6.03 Å². The molecule has 0 aromatic carbocycles. The molecule has 4 saturated heterocycles. The normalized spacial score (nSPS) is 28.6. The maximum Gasteiger partial charge on any atom is 0.322 e. The molecule has 1 N–H and O–H groups in total. The van der Waals surface area contributed by atoms with Crippen LogP contribution in [0.2, 0.25) is 0 Å². The summed E-state index contributed by atoms with van der Waals surface area (Å²) in [5.41, 5.74) is 2.84. The van der Waals surface area contributed by atoms with Gasteiger partial charge in [0, 0.05) is 45.3 Å². The Kier molecular flexibility index (Phi) is 5.41. The number of rotatable bonds is 4. The molecule has 2 bridgehead atoms. The number of anilines is 1. The number of urea groups is 1. The predicted molar refractivity (Wildman–Crippen MR) is 107 cm³/mol. The van der Waals surface area contributed by atoms with Gasteiger partial charge in [-0.2, -0.15) is 5.10 Å². The van der Waals surface area contributed by atoms with E-state index < -0.39 is 0 Å². The maximum atomic E-state index is 12.8. The molecular weight excluding hydrogens is 340 g/mol. The van der Waals surface area contributed by atoms with E-state index in [9.17, 15) is 4.79 Å². The molecule has 4 fully saturated rings. The molecule has 2 amide bonds. The lowest BCUT2D eigenvalue weighted by molar-refractivity contribution is -0.00971. The Morgan fingerprint density at radius 1 is 1.11 bits per heavy atom. The Morgan fingerprint density at radius 2 is 1.81 bits per heavy atom. The predicted octanol–water partition coefficient (Wildman–Crippen LogP) is 2.15. The molecule has 1 unspecified atom stereocenters. The largest absolute Gasteiger partial charge is 0.322 e. The molecule has 7 nitrogen and oxygen atoms in total. The number of aryl methyl sites for hydroxylation is 2. The van der Waals surface area contributed by atoms with E-state index in [4.69, 9.17) is 0 Å². The zero-order valence-electron chi connectivity index (χ0n) is 17.1. The van der Waals surface area contributed by atoms with Gasteiger partial charge in [-0.25, -0.2) is 4.79 Å². The fourth-order valence-electron chi connectivity index (χ4n) is 5.10. The highest BCUT2D eigenvalue weighted by molar-refractivity contribution is 5.90. The minimum absolute atomic E-state index is 0.0193. The topological polar surface area (TPSA) is 56.6 Å². The first-order chi connectivity index (χ1) is 13.1. The van der Waals surface area contributed by atoms with Gasteiger partial charge in [-0.15, -0.1) is 0 Å². The van der Waals surface area contributed by atoms with Crippen LogP contribution < -0.4 is 5.32 Å². The molecule has 4 aliphatic rings. The standard InChI is InChI=1S/C20H34N6O/c1-4-7-26-16(3)19(15(2)22-26)21-20(27)25-12-10-24(11-13-25)18-14-23-8-5-17(18)6-9-23/h17-18H,4-14H2,1-3H3,(H,21,27). The first-order valence-corrected chi connectivity index (χ1v) is 10.6. The van der Waals surface area contributed by atoms with E-state index in [2.05, 4.69) is 27.1 Å². The Morgan fingerprint density at radius 3 is 2.41 bits per heavy atom. The van der Waals surface area contributed by atoms with E-state index >= 15 is 0 Å². The highest BCUT2D eigenvalue weighted by atomic mass is 16.2. The van der Waals surface area contributed by atoms with Crippen LogP contribution >= 0.6 is 0 Å². The molecule has 1 aromatic rings. The minimum Gasteiger partial charge on any atom is -0.322 e. The van der Waals surface area contributed by atoms with E-state index in [1.165, 1.54) is 32.5 Å². The van der Waals surface area contributed by atoms with Crippen molar-refractivity contribution in [3.63, 3.8) is 0 Å². The summed E-state index contributed by atoms with van der Waals surface area (Å²) in [5.74, 6) is 0.866. The highest BCUT2D eigenvalue weighted by Crippen LogP contribution is 2.31. The van der Waals surface area contributed by atoms with Crippen LogP contribution in [0.15, 0.2) is 0 Å². The molecule has 150 valence electrons. The van der Waals surface area contributed by atoms with Crippen LogP contribution in [0, 0.1) is 19.8 Å². The molecule has 7 heteroatoms. The number of piperazine rings is 1. The number of piperidine rings is 3. The van der Waals surface area contributed by atoms with Gasteiger partial charge in [0.1, 0.15) is 0 Å². The van der Waals surface area contributed by atoms with Gasteiger partial charge in [-0.1, -0.05) is 6.92 Å². The van der Waals surface area contributed by atoms with Crippen molar-refractivity contribution < 1.29 is 4.79 Å². The molecule has 1 aromatic heterocycles. The third-order valence-corrected chi connectivity index (χ3v) is 6.74. The molecule has 0 aliphatic carbocycles. The van der Waals surface area contributed by atoms with Crippen LogP contribution in [0.3, 0.4) is 0 Å². The summed E-state index contributed by atoms with van der Waals surface area (Å²) in [6.45, 7) is 14.5. The Bertz CT molecular complexity index is 670. The van der Waals surface area contributed by atoms with Gasteiger partial charge in [0.15, 0.2) is 0 Å². The molecule has 0 saturated carbocycles. The van der Waals surface area contributed by atoms with Crippen molar-refractivity contribution in [1.29, 1.82) is 0 Å². The number of fused-ring (bicyclic) bond motifs is 3. The van der Waals surface area contributed by atoms with Gasteiger partial charge in [-0.05, 0) is 52.1 Å². The number of amides is 2.